The summed E-state index contributed by atoms with van der Waals surface area (Å²) in [6.45, 7) is 2.89. The van der Waals surface area contributed by atoms with Gasteiger partial charge in [-0.2, -0.15) is 0 Å². The number of hydrogen-bond donors (Lipinski definition) is 2. The monoisotopic (exact) mass is 365 g/mol. The average molecular weight is 366 g/mol. The van der Waals surface area contributed by atoms with Crippen molar-refractivity contribution in [1.82, 2.24) is 10.2 Å². The molecule has 3 rings (SSSR count). The predicted octanol–water partition coefficient (Wildman–Crippen LogP) is 3.27. The lowest BCUT2D eigenvalue weighted by atomic mass is 10.1. The fourth-order valence-corrected chi connectivity index (χ4v) is 3.38. The lowest BCUT2D eigenvalue weighted by molar-refractivity contribution is 0.0724. The smallest absolute Gasteiger partial charge is 0.319 e. The van der Waals surface area contributed by atoms with E-state index in [4.69, 9.17) is 16.3 Å². The summed E-state index contributed by atoms with van der Waals surface area (Å²) in [5.74, 6) is -0.00995. The second-order valence-corrected chi connectivity index (χ2v) is 6.94. The van der Waals surface area contributed by atoms with E-state index in [1.165, 1.54) is 6.42 Å². The molecule has 2 heterocycles. The molecule has 2 aliphatic rings. The minimum atomic E-state index is -0.309. The molecule has 2 aliphatic heterocycles. The van der Waals surface area contributed by atoms with Gasteiger partial charge in [-0.15, -0.1) is 0 Å². The van der Waals surface area contributed by atoms with E-state index in [-0.39, 0.29) is 18.0 Å². The van der Waals surface area contributed by atoms with Gasteiger partial charge < -0.3 is 20.3 Å². The van der Waals surface area contributed by atoms with E-state index < -0.39 is 0 Å². The maximum atomic E-state index is 12.6. The highest BCUT2D eigenvalue weighted by molar-refractivity contribution is 6.33. The van der Waals surface area contributed by atoms with Crippen LogP contribution in [0.1, 0.15) is 42.5 Å². The third-order valence-electron chi connectivity index (χ3n) is 4.66. The molecule has 0 aromatic heterocycles. The van der Waals surface area contributed by atoms with Crippen molar-refractivity contribution in [2.75, 3.05) is 31.6 Å². The highest BCUT2D eigenvalue weighted by atomic mass is 35.5. The van der Waals surface area contributed by atoms with Crippen molar-refractivity contribution in [3.8, 4) is 0 Å². The Labute approximate surface area is 152 Å². The van der Waals surface area contributed by atoms with Crippen LogP contribution in [0.4, 0.5) is 10.5 Å². The fourth-order valence-electron chi connectivity index (χ4n) is 3.22. The molecule has 3 amide bonds. The largest absolute Gasteiger partial charge is 0.381 e. The lowest BCUT2D eigenvalue weighted by Gasteiger charge is -2.27. The minimum Gasteiger partial charge on any atom is -0.381 e. The lowest BCUT2D eigenvalue weighted by Crippen LogP contribution is -2.41. The van der Waals surface area contributed by atoms with Crippen molar-refractivity contribution in [3.63, 3.8) is 0 Å². The van der Waals surface area contributed by atoms with Crippen LogP contribution in [0.2, 0.25) is 5.02 Å². The number of benzene rings is 1. The first kappa shape index (κ1) is 18.0. The molecule has 6 nitrogen and oxygen atoms in total. The quantitative estimate of drug-likeness (QED) is 0.863. The highest BCUT2D eigenvalue weighted by Gasteiger charge is 2.20. The number of nitrogens with one attached hydrogen (secondary N) is 2. The van der Waals surface area contributed by atoms with Gasteiger partial charge in [-0.3, -0.25) is 4.79 Å². The minimum absolute atomic E-state index is 0.00995. The van der Waals surface area contributed by atoms with Crippen molar-refractivity contribution in [2.24, 2.45) is 0 Å². The number of piperidine rings is 1. The number of urea groups is 1. The third kappa shape index (κ3) is 4.86. The molecule has 0 aliphatic carbocycles. The van der Waals surface area contributed by atoms with Gasteiger partial charge in [0.2, 0.25) is 0 Å². The number of carbonyl (C=O) groups is 2. The number of likely N-dealkylation sites (tertiary alicyclic amines) is 1. The first-order valence-electron chi connectivity index (χ1n) is 8.87. The molecule has 2 saturated heterocycles. The molecule has 0 spiro atoms. The van der Waals surface area contributed by atoms with Gasteiger partial charge in [0.15, 0.2) is 0 Å². The Hall–Kier alpha value is -1.79. The van der Waals surface area contributed by atoms with E-state index >= 15 is 0 Å². The topological polar surface area (TPSA) is 70.7 Å². The first-order valence-corrected chi connectivity index (χ1v) is 9.25. The van der Waals surface area contributed by atoms with Gasteiger partial charge in [-0.05, 0) is 50.3 Å². The van der Waals surface area contributed by atoms with E-state index in [0.29, 0.717) is 29.5 Å². The van der Waals surface area contributed by atoms with Crippen molar-refractivity contribution >= 4 is 29.2 Å². The molecule has 1 aromatic rings. The van der Waals surface area contributed by atoms with Gasteiger partial charge in [0, 0.05) is 37.9 Å². The molecule has 1 aromatic carbocycles. The Bertz CT molecular complexity index is 626. The van der Waals surface area contributed by atoms with Gasteiger partial charge in [-0.1, -0.05) is 11.6 Å². The van der Waals surface area contributed by atoms with Crippen LogP contribution in [0, 0.1) is 0 Å². The van der Waals surface area contributed by atoms with Gasteiger partial charge in [0.05, 0.1) is 10.7 Å². The molecule has 2 N–H and O–H groups in total. The zero-order chi connectivity index (χ0) is 17.6. The SMILES string of the molecule is O=C(Nc1cc(C(=O)N2CCCCC2)ccc1Cl)NC1CCOCC1. The van der Waals surface area contributed by atoms with Gasteiger partial charge in [0.25, 0.3) is 5.91 Å². The summed E-state index contributed by atoms with van der Waals surface area (Å²) in [4.78, 5) is 26.7. The Morgan fingerprint density at radius 3 is 2.56 bits per heavy atom. The number of amides is 3. The van der Waals surface area contributed by atoms with Crippen molar-refractivity contribution in [1.29, 1.82) is 0 Å². The van der Waals surface area contributed by atoms with Crippen LogP contribution >= 0.6 is 11.6 Å². The number of anilines is 1. The average Bonchev–Trinajstić information content (AvgIpc) is 2.64. The molecule has 0 saturated carbocycles. The normalized spacial score (nSPS) is 18.7. The van der Waals surface area contributed by atoms with E-state index in [0.717, 1.165) is 38.8 Å². The van der Waals surface area contributed by atoms with E-state index in [1.54, 1.807) is 18.2 Å². The summed E-state index contributed by atoms with van der Waals surface area (Å²) in [6, 6.07) is 4.81. The molecule has 0 atom stereocenters. The Kier molecular flexibility index (Phi) is 6.15. The van der Waals surface area contributed by atoms with Crippen molar-refractivity contribution in [3.05, 3.63) is 28.8 Å². The number of hydrogen-bond acceptors (Lipinski definition) is 3. The molecule has 136 valence electrons. The molecular formula is C18H24ClN3O3. The van der Waals surface area contributed by atoms with Gasteiger partial charge >= 0.3 is 6.03 Å². The molecule has 7 heteroatoms. The van der Waals surface area contributed by atoms with Crippen LogP contribution in [0.5, 0.6) is 0 Å². The molecule has 2 fully saturated rings. The van der Waals surface area contributed by atoms with Crippen LogP contribution in [0.15, 0.2) is 18.2 Å². The zero-order valence-electron chi connectivity index (χ0n) is 14.2. The maximum absolute atomic E-state index is 12.6. The Morgan fingerprint density at radius 1 is 1.12 bits per heavy atom. The highest BCUT2D eigenvalue weighted by Crippen LogP contribution is 2.24. The molecule has 25 heavy (non-hydrogen) atoms. The zero-order valence-corrected chi connectivity index (χ0v) is 15.0. The van der Waals surface area contributed by atoms with Crippen LogP contribution in [-0.2, 0) is 4.74 Å². The number of rotatable bonds is 3. The molecular weight excluding hydrogens is 342 g/mol. The second kappa shape index (κ2) is 8.54. The summed E-state index contributed by atoms with van der Waals surface area (Å²) in [6.07, 6.45) is 4.85. The number of nitrogens with zero attached hydrogens (tertiary/aromatic N) is 1. The summed E-state index contributed by atoms with van der Waals surface area (Å²) in [5, 5.41) is 6.10. The molecule has 0 radical (unpaired) electrons. The van der Waals surface area contributed by atoms with Crippen LogP contribution in [0.3, 0.4) is 0 Å². The second-order valence-electron chi connectivity index (χ2n) is 6.53. The Balaban J connectivity index is 1.64. The fraction of sp³-hybridized carbons (Fsp3) is 0.556. The maximum Gasteiger partial charge on any atom is 0.319 e. The third-order valence-corrected chi connectivity index (χ3v) is 4.99. The van der Waals surface area contributed by atoms with E-state index in [1.807, 2.05) is 4.90 Å². The van der Waals surface area contributed by atoms with Crippen molar-refractivity contribution < 1.29 is 14.3 Å². The standard InChI is InChI=1S/C18H24ClN3O3/c19-15-5-4-13(17(23)22-8-2-1-3-9-22)12-16(15)21-18(24)20-14-6-10-25-11-7-14/h4-5,12,14H,1-3,6-11H2,(H2,20,21,24). The van der Waals surface area contributed by atoms with Gasteiger partial charge in [-0.25, -0.2) is 4.79 Å². The van der Waals surface area contributed by atoms with Crippen LogP contribution in [0.25, 0.3) is 0 Å². The summed E-state index contributed by atoms with van der Waals surface area (Å²) in [5.41, 5.74) is 1.00. The molecule has 0 bridgehead atoms. The predicted molar refractivity (Wildman–Crippen MR) is 97.2 cm³/mol. The summed E-state index contributed by atoms with van der Waals surface area (Å²) >= 11 is 6.19. The van der Waals surface area contributed by atoms with Gasteiger partial charge in [0.1, 0.15) is 0 Å². The first-order chi connectivity index (χ1) is 12.1. The van der Waals surface area contributed by atoms with Crippen molar-refractivity contribution in [2.45, 2.75) is 38.1 Å². The van der Waals surface area contributed by atoms with Crippen LogP contribution in [-0.4, -0.2) is 49.2 Å². The summed E-state index contributed by atoms with van der Waals surface area (Å²) < 4.78 is 5.28. The van der Waals surface area contributed by atoms with E-state index in [2.05, 4.69) is 10.6 Å². The number of ether oxygens (including phenoxy) is 1. The number of halogens is 1. The summed E-state index contributed by atoms with van der Waals surface area (Å²) in [7, 11) is 0. The molecule has 0 unspecified atom stereocenters. The number of carbonyl (C=O) groups excluding carboxylic acids is 2. The van der Waals surface area contributed by atoms with Crippen LogP contribution < -0.4 is 10.6 Å². The Morgan fingerprint density at radius 2 is 1.84 bits per heavy atom. The van der Waals surface area contributed by atoms with E-state index in [9.17, 15) is 9.59 Å².